The number of anilines is 1. The zero-order valence-electron chi connectivity index (χ0n) is 16.8. The Labute approximate surface area is 194 Å². The number of carbonyl (C=O) groups is 1. The standard InChI is InChI=1S/C22H18Cl2F2N2O3S/c1-14-2-6-17(7-3-14)32(30,31)28(12-15-4-8-18(23)19(24)10-15)13-22(29)27-21-11-16(25)5-9-20(21)26/h2-11H,12-13H2,1H3,(H,27,29). The maximum Gasteiger partial charge on any atom is 0.243 e. The topological polar surface area (TPSA) is 66.5 Å². The van der Waals surface area contributed by atoms with Gasteiger partial charge in [0.25, 0.3) is 0 Å². The van der Waals surface area contributed by atoms with Crippen molar-refractivity contribution in [3.05, 3.63) is 93.5 Å². The van der Waals surface area contributed by atoms with Crippen LogP contribution < -0.4 is 5.32 Å². The molecule has 0 saturated heterocycles. The van der Waals surface area contributed by atoms with E-state index in [9.17, 15) is 22.0 Å². The number of hydrogen-bond acceptors (Lipinski definition) is 3. The fraction of sp³-hybridized carbons (Fsp3) is 0.136. The lowest BCUT2D eigenvalue weighted by molar-refractivity contribution is -0.116. The van der Waals surface area contributed by atoms with E-state index in [1.54, 1.807) is 18.2 Å². The van der Waals surface area contributed by atoms with Crippen molar-refractivity contribution in [2.45, 2.75) is 18.4 Å². The first kappa shape index (κ1) is 24.1. The first-order valence-corrected chi connectivity index (χ1v) is 11.5. The van der Waals surface area contributed by atoms with Crippen LogP contribution >= 0.6 is 23.2 Å². The Morgan fingerprint density at radius 3 is 2.31 bits per heavy atom. The van der Waals surface area contributed by atoms with E-state index in [2.05, 4.69) is 5.32 Å². The summed E-state index contributed by atoms with van der Waals surface area (Å²) in [6.45, 7) is 0.962. The second-order valence-corrected chi connectivity index (χ2v) is 9.76. The van der Waals surface area contributed by atoms with Crippen LogP contribution in [0, 0.1) is 18.6 Å². The van der Waals surface area contributed by atoms with Crippen LogP contribution in [0.2, 0.25) is 10.0 Å². The number of hydrogen-bond donors (Lipinski definition) is 1. The first-order valence-electron chi connectivity index (χ1n) is 9.32. The van der Waals surface area contributed by atoms with Gasteiger partial charge in [-0.3, -0.25) is 4.79 Å². The van der Waals surface area contributed by atoms with Crippen molar-refractivity contribution in [1.82, 2.24) is 4.31 Å². The van der Waals surface area contributed by atoms with Crippen LogP contribution in [0.4, 0.5) is 14.5 Å². The van der Waals surface area contributed by atoms with E-state index >= 15 is 0 Å². The Morgan fingerprint density at radius 2 is 1.66 bits per heavy atom. The molecular formula is C22H18Cl2F2N2O3S. The molecule has 0 unspecified atom stereocenters. The molecule has 0 spiro atoms. The summed E-state index contributed by atoms with van der Waals surface area (Å²) < 4.78 is 54.8. The molecule has 0 aliphatic heterocycles. The van der Waals surface area contributed by atoms with Crippen molar-refractivity contribution in [3.8, 4) is 0 Å². The molecule has 0 aliphatic carbocycles. The third-order valence-corrected chi connectivity index (χ3v) is 7.07. The summed E-state index contributed by atoms with van der Waals surface area (Å²) in [6, 6.07) is 13.3. The summed E-state index contributed by atoms with van der Waals surface area (Å²) in [5, 5.41) is 2.73. The molecule has 3 aromatic rings. The van der Waals surface area contributed by atoms with Gasteiger partial charge in [-0.2, -0.15) is 4.31 Å². The molecule has 3 aromatic carbocycles. The molecule has 0 fully saturated rings. The minimum absolute atomic E-state index is 0.0205. The number of amides is 1. The number of nitrogens with one attached hydrogen (secondary N) is 1. The van der Waals surface area contributed by atoms with Gasteiger partial charge < -0.3 is 5.32 Å². The smallest absolute Gasteiger partial charge is 0.243 e. The molecule has 0 atom stereocenters. The highest BCUT2D eigenvalue weighted by molar-refractivity contribution is 7.89. The van der Waals surface area contributed by atoms with E-state index in [-0.39, 0.29) is 16.5 Å². The molecule has 10 heteroatoms. The number of sulfonamides is 1. The summed E-state index contributed by atoms with van der Waals surface area (Å²) >= 11 is 12.0. The second-order valence-electron chi connectivity index (χ2n) is 7.01. The fourth-order valence-electron chi connectivity index (χ4n) is 2.87. The summed E-state index contributed by atoms with van der Waals surface area (Å²) in [5.41, 5.74) is 0.955. The van der Waals surface area contributed by atoms with Crippen LogP contribution in [-0.2, 0) is 21.4 Å². The normalized spacial score (nSPS) is 11.6. The maximum atomic E-state index is 13.9. The van der Waals surface area contributed by atoms with Crippen LogP contribution in [-0.4, -0.2) is 25.2 Å². The minimum atomic E-state index is -4.12. The lowest BCUT2D eigenvalue weighted by atomic mass is 10.2. The Morgan fingerprint density at radius 1 is 0.969 bits per heavy atom. The van der Waals surface area contributed by atoms with Gasteiger partial charge in [-0.15, -0.1) is 0 Å². The van der Waals surface area contributed by atoms with Crippen LogP contribution in [0.25, 0.3) is 0 Å². The molecule has 0 heterocycles. The van der Waals surface area contributed by atoms with E-state index in [4.69, 9.17) is 23.2 Å². The van der Waals surface area contributed by atoms with E-state index in [1.807, 2.05) is 6.92 Å². The molecule has 168 valence electrons. The first-order chi connectivity index (χ1) is 15.1. The predicted octanol–water partition coefficient (Wildman–Crippen LogP) is 5.41. The Balaban J connectivity index is 1.92. The fourth-order valence-corrected chi connectivity index (χ4v) is 4.58. The lowest BCUT2D eigenvalue weighted by Crippen LogP contribution is -2.37. The monoisotopic (exact) mass is 498 g/mol. The summed E-state index contributed by atoms with van der Waals surface area (Å²) in [5.74, 6) is -2.44. The van der Waals surface area contributed by atoms with Gasteiger partial charge in [0.2, 0.25) is 15.9 Å². The highest BCUT2D eigenvalue weighted by Crippen LogP contribution is 2.25. The average Bonchev–Trinajstić information content (AvgIpc) is 2.73. The van der Waals surface area contributed by atoms with Gasteiger partial charge in [-0.1, -0.05) is 47.0 Å². The highest BCUT2D eigenvalue weighted by atomic mass is 35.5. The molecule has 1 amide bonds. The van der Waals surface area contributed by atoms with Gasteiger partial charge in [0.15, 0.2) is 0 Å². The van der Waals surface area contributed by atoms with Gasteiger partial charge in [0, 0.05) is 12.6 Å². The molecule has 32 heavy (non-hydrogen) atoms. The van der Waals surface area contributed by atoms with Gasteiger partial charge >= 0.3 is 0 Å². The van der Waals surface area contributed by atoms with Gasteiger partial charge in [0.1, 0.15) is 11.6 Å². The Bertz CT molecular complexity index is 1250. The van der Waals surface area contributed by atoms with Gasteiger partial charge in [0.05, 0.1) is 27.2 Å². The largest absolute Gasteiger partial charge is 0.322 e. The molecule has 0 radical (unpaired) electrons. The average molecular weight is 499 g/mol. The minimum Gasteiger partial charge on any atom is -0.322 e. The van der Waals surface area contributed by atoms with E-state index in [0.717, 1.165) is 28.1 Å². The molecule has 5 nitrogen and oxygen atoms in total. The third-order valence-electron chi connectivity index (χ3n) is 4.52. The van der Waals surface area contributed by atoms with E-state index in [0.29, 0.717) is 10.6 Å². The maximum absolute atomic E-state index is 13.9. The molecular weight excluding hydrogens is 481 g/mol. The molecule has 0 bridgehead atoms. The Hall–Kier alpha value is -2.52. The van der Waals surface area contributed by atoms with Crippen molar-refractivity contribution in [2.75, 3.05) is 11.9 Å². The zero-order valence-corrected chi connectivity index (χ0v) is 19.1. The predicted molar refractivity (Wildman–Crippen MR) is 120 cm³/mol. The summed E-state index contributed by atoms with van der Waals surface area (Å²) in [6.07, 6.45) is 0. The highest BCUT2D eigenvalue weighted by Gasteiger charge is 2.27. The van der Waals surface area contributed by atoms with Crippen molar-refractivity contribution in [2.24, 2.45) is 0 Å². The van der Waals surface area contributed by atoms with E-state index in [1.165, 1.54) is 24.3 Å². The van der Waals surface area contributed by atoms with E-state index < -0.39 is 39.8 Å². The van der Waals surface area contributed by atoms with Crippen molar-refractivity contribution < 1.29 is 22.0 Å². The van der Waals surface area contributed by atoms with Crippen LogP contribution in [0.3, 0.4) is 0 Å². The van der Waals surface area contributed by atoms with Crippen LogP contribution in [0.15, 0.2) is 65.6 Å². The molecule has 0 saturated carbocycles. The summed E-state index contributed by atoms with van der Waals surface area (Å²) in [7, 11) is -4.12. The second kappa shape index (κ2) is 9.95. The zero-order chi connectivity index (χ0) is 23.5. The quantitative estimate of drug-likeness (QED) is 0.473. The molecule has 1 N–H and O–H groups in total. The number of nitrogens with zero attached hydrogens (tertiary/aromatic N) is 1. The van der Waals surface area contributed by atoms with Crippen LogP contribution in [0.5, 0.6) is 0 Å². The number of rotatable bonds is 7. The molecule has 0 aromatic heterocycles. The molecule has 3 rings (SSSR count). The Kier molecular flexibility index (Phi) is 7.51. The van der Waals surface area contributed by atoms with Gasteiger partial charge in [-0.05, 0) is 48.9 Å². The number of aryl methyl sites for hydroxylation is 1. The molecule has 0 aliphatic rings. The number of halogens is 4. The van der Waals surface area contributed by atoms with Gasteiger partial charge in [-0.25, -0.2) is 17.2 Å². The van der Waals surface area contributed by atoms with Crippen LogP contribution in [0.1, 0.15) is 11.1 Å². The summed E-state index contributed by atoms with van der Waals surface area (Å²) in [4.78, 5) is 12.6. The number of benzene rings is 3. The lowest BCUT2D eigenvalue weighted by Gasteiger charge is -2.22. The van der Waals surface area contributed by atoms with Crippen molar-refractivity contribution in [3.63, 3.8) is 0 Å². The number of carbonyl (C=O) groups excluding carboxylic acids is 1. The third kappa shape index (κ3) is 5.83. The van der Waals surface area contributed by atoms with Crippen molar-refractivity contribution >= 4 is 44.8 Å². The van der Waals surface area contributed by atoms with Crippen molar-refractivity contribution in [1.29, 1.82) is 0 Å². The SMILES string of the molecule is Cc1ccc(S(=O)(=O)N(CC(=O)Nc2cc(F)ccc2F)Cc2ccc(Cl)c(Cl)c2)cc1.